The highest BCUT2D eigenvalue weighted by molar-refractivity contribution is 9.10. The van der Waals surface area contributed by atoms with Crippen LogP contribution in [-0.4, -0.2) is 39.6 Å². The van der Waals surface area contributed by atoms with E-state index in [1.165, 1.54) is 6.07 Å². The van der Waals surface area contributed by atoms with Crippen molar-refractivity contribution in [2.75, 3.05) is 19.7 Å². The lowest BCUT2D eigenvalue weighted by Gasteiger charge is -2.32. The van der Waals surface area contributed by atoms with Crippen LogP contribution in [0.4, 0.5) is 4.39 Å². The summed E-state index contributed by atoms with van der Waals surface area (Å²) in [6, 6.07) is 5.04. The van der Waals surface area contributed by atoms with Crippen LogP contribution >= 0.6 is 15.9 Å². The summed E-state index contributed by atoms with van der Waals surface area (Å²) in [6.07, 6.45) is 1.94. The Morgan fingerprint density at radius 1 is 1.38 bits per heavy atom. The molecule has 0 spiro atoms. The van der Waals surface area contributed by atoms with Crippen molar-refractivity contribution in [1.29, 1.82) is 0 Å². The molecule has 2 heterocycles. The number of morpholine rings is 1. The lowest BCUT2D eigenvalue weighted by molar-refractivity contribution is -0.0333. The van der Waals surface area contributed by atoms with E-state index < -0.39 is 0 Å². The maximum absolute atomic E-state index is 13.4. The van der Waals surface area contributed by atoms with Crippen molar-refractivity contribution in [1.82, 2.24) is 19.9 Å². The van der Waals surface area contributed by atoms with E-state index in [0.29, 0.717) is 11.1 Å². The Labute approximate surface area is 149 Å². The van der Waals surface area contributed by atoms with E-state index >= 15 is 0 Å². The van der Waals surface area contributed by atoms with Crippen molar-refractivity contribution in [3.8, 4) is 0 Å². The van der Waals surface area contributed by atoms with E-state index in [2.05, 4.69) is 51.9 Å². The predicted octanol–water partition coefficient (Wildman–Crippen LogP) is 3.51. The van der Waals surface area contributed by atoms with Crippen molar-refractivity contribution in [3.63, 3.8) is 0 Å². The molecule has 0 amide bonds. The van der Waals surface area contributed by atoms with Gasteiger partial charge in [-0.2, -0.15) is 0 Å². The van der Waals surface area contributed by atoms with E-state index in [0.717, 1.165) is 30.9 Å². The SMILES string of the molecule is CC(C)(C)n1cc(CN2CCOC(c3ccc(F)c(Br)c3)C2)nn1. The fourth-order valence-corrected chi connectivity index (χ4v) is 3.08. The van der Waals surface area contributed by atoms with Gasteiger partial charge in [-0.25, -0.2) is 9.07 Å². The van der Waals surface area contributed by atoms with Gasteiger partial charge in [0.2, 0.25) is 0 Å². The number of ether oxygens (including phenoxy) is 1. The fraction of sp³-hybridized carbons (Fsp3) is 0.529. The van der Waals surface area contributed by atoms with Crippen LogP contribution in [0.3, 0.4) is 0 Å². The number of hydrogen-bond donors (Lipinski definition) is 0. The van der Waals surface area contributed by atoms with Gasteiger partial charge in [-0.3, -0.25) is 4.90 Å². The van der Waals surface area contributed by atoms with Gasteiger partial charge in [-0.1, -0.05) is 11.3 Å². The zero-order chi connectivity index (χ0) is 17.3. The average molecular weight is 397 g/mol. The summed E-state index contributed by atoms with van der Waals surface area (Å²) in [4.78, 5) is 2.29. The molecule has 0 saturated carbocycles. The molecule has 1 aliphatic rings. The summed E-state index contributed by atoms with van der Waals surface area (Å²) in [6.45, 7) is 9.28. The number of benzene rings is 1. The summed E-state index contributed by atoms with van der Waals surface area (Å²) in [7, 11) is 0. The summed E-state index contributed by atoms with van der Waals surface area (Å²) < 4.78 is 21.6. The molecule has 1 fully saturated rings. The van der Waals surface area contributed by atoms with Crippen LogP contribution in [0, 0.1) is 5.82 Å². The number of nitrogens with zero attached hydrogens (tertiary/aromatic N) is 4. The molecule has 0 aliphatic carbocycles. The molecule has 0 N–H and O–H groups in total. The van der Waals surface area contributed by atoms with Crippen LogP contribution in [0.2, 0.25) is 0 Å². The molecule has 3 rings (SSSR count). The maximum atomic E-state index is 13.4. The topological polar surface area (TPSA) is 43.2 Å². The molecule has 24 heavy (non-hydrogen) atoms. The third-order valence-electron chi connectivity index (χ3n) is 4.08. The van der Waals surface area contributed by atoms with Crippen molar-refractivity contribution in [2.45, 2.75) is 39.0 Å². The second-order valence-electron chi connectivity index (χ2n) is 7.09. The Morgan fingerprint density at radius 2 is 2.17 bits per heavy atom. The van der Waals surface area contributed by atoms with Gasteiger partial charge in [0.15, 0.2) is 0 Å². The first-order valence-electron chi connectivity index (χ1n) is 8.03. The van der Waals surface area contributed by atoms with Gasteiger partial charge in [0.05, 0.1) is 34.6 Å². The fourth-order valence-electron chi connectivity index (χ4n) is 2.69. The number of aromatic nitrogens is 3. The molecule has 1 atom stereocenters. The van der Waals surface area contributed by atoms with E-state index in [1.54, 1.807) is 12.1 Å². The molecule has 0 bridgehead atoms. The molecule has 130 valence electrons. The Morgan fingerprint density at radius 3 is 2.83 bits per heavy atom. The lowest BCUT2D eigenvalue weighted by Crippen LogP contribution is -2.37. The van der Waals surface area contributed by atoms with Gasteiger partial charge in [-0.05, 0) is 54.4 Å². The zero-order valence-corrected chi connectivity index (χ0v) is 15.8. The highest BCUT2D eigenvalue weighted by atomic mass is 79.9. The van der Waals surface area contributed by atoms with Crippen LogP contribution in [0.15, 0.2) is 28.9 Å². The largest absolute Gasteiger partial charge is 0.371 e. The smallest absolute Gasteiger partial charge is 0.137 e. The van der Waals surface area contributed by atoms with E-state index in [-0.39, 0.29) is 17.5 Å². The molecule has 5 nitrogen and oxygen atoms in total. The second kappa shape index (κ2) is 6.90. The van der Waals surface area contributed by atoms with Gasteiger partial charge in [0.25, 0.3) is 0 Å². The molecule has 7 heteroatoms. The minimum atomic E-state index is -0.259. The third kappa shape index (κ3) is 4.02. The summed E-state index contributed by atoms with van der Waals surface area (Å²) in [5, 5.41) is 8.49. The van der Waals surface area contributed by atoms with Crippen molar-refractivity contribution < 1.29 is 9.13 Å². The molecule has 0 radical (unpaired) electrons. The standard InChI is InChI=1S/C17H22BrFN4O/c1-17(2,3)23-10-13(20-21-23)9-22-6-7-24-16(11-22)12-4-5-15(19)14(18)8-12/h4-5,8,10,16H,6-7,9,11H2,1-3H3. The van der Waals surface area contributed by atoms with Gasteiger partial charge >= 0.3 is 0 Å². The van der Waals surface area contributed by atoms with Gasteiger partial charge in [0.1, 0.15) is 5.82 Å². The predicted molar refractivity (Wildman–Crippen MR) is 93.1 cm³/mol. The Bertz CT molecular complexity index is 713. The first-order chi connectivity index (χ1) is 11.3. The van der Waals surface area contributed by atoms with Crippen LogP contribution < -0.4 is 0 Å². The first kappa shape index (κ1) is 17.5. The Balaban J connectivity index is 1.67. The second-order valence-corrected chi connectivity index (χ2v) is 7.95. The Hall–Kier alpha value is -1.31. The molecule has 1 saturated heterocycles. The highest BCUT2D eigenvalue weighted by Crippen LogP contribution is 2.27. The average Bonchev–Trinajstić information content (AvgIpc) is 2.99. The monoisotopic (exact) mass is 396 g/mol. The summed E-state index contributed by atoms with van der Waals surface area (Å²) >= 11 is 3.24. The molecular weight excluding hydrogens is 375 g/mol. The van der Waals surface area contributed by atoms with Gasteiger partial charge < -0.3 is 4.74 Å². The van der Waals surface area contributed by atoms with Crippen LogP contribution in [0.1, 0.15) is 38.1 Å². The van der Waals surface area contributed by atoms with Crippen molar-refractivity contribution >= 4 is 15.9 Å². The van der Waals surface area contributed by atoms with Crippen LogP contribution in [0.5, 0.6) is 0 Å². The zero-order valence-electron chi connectivity index (χ0n) is 14.2. The minimum Gasteiger partial charge on any atom is -0.371 e. The molecule has 1 aliphatic heterocycles. The van der Waals surface area contributed by atoms with Crippen molar-refractivity contribution in [2.24, 2.45) is 0 Å². The number of hydrogen-bond acceptors (Lipinski definition) is 4. The van der Waals surface area contributed by atoms with E-state index in [4.69, 9.17) is 4.74 Å². The summed E-state index contributed by atoms with van der Waals surface area (Å²) in [5.41, 5.74) is 1.86. The highest BCUT2D eigenvalue weighted by Gasteiger charge is 2.24. The van der Waals surface area contributed by atoms with Gasteiger partial charge in [-0.15, -0.1) is 5.10 Å². The minimum absolute atomic E-state index is 0.0617. The number of rotatable bonds is 3. The number of halogens is 2. The normalized spacial score (nSPS) is 19.6. The molecule has 2 aromatic rings. The van der Waals surface area contributed by atoms with Crippen molar-refractivity contribution in [3.05, 3.63) is 45.9 Å². The van der Waals surface area contributed by atoms with Crippen LogP contribution in [0.25, 0.3) is 0 Å². The summed E-state index contributed by atoms with van der Waals surface area (Å²) in [5.74, 6) is -0.259. The van der Waals surface area contributed by atoms with Gasteiger partial charge in [0, 0.05) is 19.6 Å². The lowest BCUT2D eigenvalue weighted by atomic mass is 10.1. The van der Waals surface area contributed by atoms with E-state index in [1.807, 2.05) is 10.9 Å². The maximum Gasteiger partial charge on any atom is 0.137 e. The van der Waals surface area contributed by atoms with E-state index in [9.17, 15) is 4.39 Å². The molecule has 1 unspecified atom stereocenters. The quantitative estimate of drug-likeness (QED) is 0.795. The first-order valence-corrected chi connectivity index (χ1v) is 8.83. The molecular formula is C17H22BrFN4O. The molecule has 1 aromatic heterocycles. The Kier molecular flexibility index (Phi) is 5.03. The molecule has 1 aromatic carbocycles. The third-order valence-corrected chi connectivity index (χ3v) is 4.69. The van der Waals surface area contributed by atoms with Crippen LogP contribution in [-0.2, 0) is 16.8 Å².